The second kappa shape index (κ2) is 5.68. The van der Waals surface area contributed by atoms with Crippen LogP contribution in [0.5, 0.6) is 0 Å². The normalized spacial score (nSPS) is 15.9. The van der Waals surface area contributed by atoms with Gasteiger partial charge in [0.1, 0.15) is 5.82 Å². The van der Waals surface area contributed by atoms with E-state index in [0.29, 0.717) is 23.3 Å². The first-order chi connectivity index (χ1) is 12.3. The summed E-state index contributed by atoms with van der Waals surface area (Å²) in [6, 6.07) is 2.92. The number of fused-ring (bicyclic) bond motifs is 1. The van der Waals surface area contributed by atoms with Gasteiger partial charge in [-0.25, -0.2) is 0 Å². The third kappa shape index (κ3) is 2.72. The van der Waals surface area contributed by atoms with E-state index in [1.54, 1.807) is 33.9 Å². The molecule has 26 heavy (non-hydrogen) atoms. The average Bonchev–Trinajstić information content (AvgIpc) is 3.19. The summed E-state index contributed by atoms with van der Waals surface area (Å²) in [5.41, 5.74) is 0.667. The molecule has 3 aromatic rings. The van der Waals surface area contributed by atoms with Crippen molar-refractivity contribution in [1.29, 1.82) is 0 Å². The van der Waals surface area contributed by atoms with E-state index in [2.05, 4.69) is 20.4 Å². The van der Waals surface area contributed by atoms with Crippen LogP contribution in [-0.4, -0.2) is 55.1 Å². The Morgan fingerprint density at radius 3 is 2.62 bits per heavy atom. The Morgan fingerprint density at radius 1 is 1.15 bits per heavy atom. The molecule has 0 radical (unpaired) electrons. The summed E-state index contributed by atoms with van der Waals surface area (Å²) in [4.78, 5) is 15.6. The Kier molecular flexibility index (Phi) is 3.56. The summed E-state index contributed by atoms with van der Waals surface area (Å²) in [6.45, 7) is 0.790. The molecular weight excluding hydrogens is 353 g/mol. The number of alkyl halides is 3. The number of carbonyl (C=O) groups excluding carboxylic acids is 1. The molecule has 1 saturated heterocycles. The van der Waals surface area contributed by atoms with Crippen molar-refractivity contribution in [1.82, 2.24) is 29.6 Å². The number of aryl methyl sites for hydroxylation is 1. The number of anilines is 2. The summed E-state index contributed by atoms with van der Waals surface area (Å²) < 4.78 is 41.2. The first-order valence-corrected chi connectivity index (χ1v) is 7.66. The molecule has 0 unspecified atom stereocenters. The Hall–Kier alpha value is -3.18. The maximum Gasteiger partial charge on any atom is 0.453 e. The zero-order valence-corrected chi connectivity index (χ0v) is 13.6. The van der Waals surface area contributed by atoms with Gasteiger partial charge < -0.3 is 9.80 Å². The number of aromatic nitrogens is 6. The van der Waals surface area contributed by atoms with Crippen molar-refractivity contribution in [2.75, 3.05) is 29.4 Å². The molecule has 0 saturated carbocycles. The first kappa shape index (κ1) is 16.3. The van der Waals surface area contributed by atoms with Gasteiger partial charge in [0.15, 0.2) is 5.65 Å². The molecule has 1 amide bonds. The van der Waals surface area contributed by atoms with E-state index in [1.807, 2.05) is 0 Å². The lowest BCUT2D eigenvalue weighted by Crippen LogP contribution is -2.51. The molecule has 0 N–H and O–H groups in total. The topological polar surface area (TPSA) is 84.5 Å². The van der Waals surface area contributed by atoms with Gasteiger partial charge in [-0.1, -0.05) is 0 Å². The highest BCUT2D eigenvalue weighted by Gasteiger charge is 2.38. The van der Waals surface area contributed by atoms with E-state index in [1.165, 1.54) is 12.1 Å². The van der Waals surface area contributed by atoms with Crippen molar-refractivity contribution in [3.63, 3.8) is 0 Å². The summed E-state index contributed by atoms with van der Waals surface area (Å²) in [5.74, 6) is -1.14. The Balaban J connectivity index is 1.60. The third-order valence-electron chi connectivity index (χ3n) is 4.05. The fraction of sp³-hybridized carbons (Fsp3) is 0.357. The molecule has 1 aliphatic rings. The molecule has 0 spiro atoms. The minimum Gasteiger partial charge on any atom is -0.344 e. The standard InChI is InChI=1S/C14H13F3N8O/c1-22-7-9(6-18-22)24-5-4-23(8-12(24)26)11-3-2-10-19-20-13(14(15,16)17)25(10)21-11/h2-3,6-7H,4-5,8H2,1H3. The van der Waals surface area contributed by atoms with Crippen molar-refractivity contribution in [2.45, 2.75) is 6.18 Å². The Labute approximate surface area is 144 Å². The number of rotatable bonds is 2. The first-order valence-electron chi connectivity index (χ1n) is 7.66. The summed E-state index contributed by atoms with van der Waals surface area (Å²) in [5, 5.41) is 14.6. The van der Waals surface area contributed by atoms with Crippen LogP contribution in [0.2, 0.25) is 0 Å². The Bertz CT molecular complexity index is 978. The van der Waals surface area contributed by atoms with Crippen LogP contribution in [0.4, 0.5) is 24.7 Å². The molecule has 0 atom stereocenters. The van der Waals surface area contributed by atoms with Crippen LogP contribution in [0.25, 0.3) is 5.65 Å². The van der Waals surface area contributed by atoms with Crippen molar-refractivity contribution < 1.29 is 18.0 Å². The van der Waals surface area contributed by atoms with E-state index in [0.717, 1.165) is 0 Å². The number of nitrogens with zero attached hydrogens (tertiary/aromatic N) is 8. The largest absolute Gasteiger partial charge is 0.453 e. The minimum atomic E-state index is -4.67. The van der Waals surface area contributed by atoms with Crippen LogP contribution in [0.3, 0.4) is 0 Å². The molecule has 3 aromatic heterocycles. The lowest BCUT2D eigenvalue weighted by atomic mass is 10.3. The highest BCUT2D eigenvalue weighted by molar-refractivity contribution is 5.97. The fourth-order valence-corrected chi connectivity index (χ4v) is 2.81. The van der Waals surface area contributed by atoms with E-state index >= 15 is 0 Å². The average molecular weight is 366 g/mol. The monoisotopic (exact) mass is 366 g/mol. The highest BCUT2D eigenvalue weighted by atomic mass is 19.4. The second-order valence-corrected chi connectivity index (χ2v) is 5.82. The third-order valence-corrected chi connectivity index (χ3v) is 4.05. The summed E-state index contributed by atoms with van der Waals surface area (Å²) in [7, 11) is 1.75. The fourth-order valence-electron chi connectivity index (χ4n) is 2.81. The van der Waals surface area contributed by atoms with Gasteiger partial charge in [-0.15, -0.1) is 15.3 Å². The van der Waals surface area contributed by atoms with Crippen molar-refractivity contribution in [2.24, 2.45) is 7.05 Å². The van der Waals surface area contributed by atoms with Gasteiger partial charge in [0.25, 0.3) is 5.82 Å². The van der Waals surface area contributed by atoms with Gasteiger partial charge in [0.05, 0.1) is 18.4 Å². The molecule has 9 nitrogen and oxygen atoms in total. The van der Waals surface area contributed by atoms with Gasteiger partial charge in [-0.2, -0.15) is 22.8 Å². The van der Waals surface area contributed by atoms with E-state index in [9.17, 15) is 18.0 Å². The molecule has 0 aromatic carbocycles. The molecular formula is C14H13F3N8O. The maximum atomic E-state index is 13.0. The number of halogens is 3. The predicted molar refractivity (Wildman–Crippen MR) is 83.6 cm³/mol. The quantitative estimate of drug-likeness (QED) is 0.665. The summed E-state index contributed by atoms with van der Waals surface area (Å²) in [6.07, 6.45) is -1.35. The molecule has 0 aliphatic carbocycles. The van der Waals surface area contributed by atoms with Crippen LogP contribution in [-0.2, 0) is 18.0 Å². The SMILES string of the molecule is Cn1cc(N2CCN(c3ccc4nnc(C(F)(F)F)n4n3)CC2=O)cn1. The number of carbonyl (C=O) groups is 1. The number of piperazine rings is 1. The number of amides is 1. The minimum absolute atomic E-state index is 0.00310. The molecule has 0 bridgehead atoms. The highest BCUT2D eigenvalue weighted by Crippen LogP contribution is 2.28. The van der Waals surface area contributed by atoms with E-state index < -0.39 is 12.0 Å². The molecule has 136 valence electrons. The van der Waals surface area contributed by atoms with Crippen molar-refractivity contribution in [3.8, 4) is 0 Å². The van der Waals surface area contributed by atoms with Gasteiger partial charge in [0, 0.05) is 26.3 Å². The van der Waals surface area contributed by atoms with Crippen LogP contribution < -0.4 is 9.80 Å². The lowest BCUT2D eigenvalue weighted by molar-refractivity contribution is -0.146. The van der Waals surface area contributed by atoms with Crippen LogP contribution in [0.15, 0.2) is 24.5 Å². The molecule has 4 rings (SSSR count). The van der Waals surface area contributed by atoms with Gasteiger partial charge >= 0.3 is 6.18 Å². The van der Waals surface area contributed by atoms with E-state index in [4.69, 9.17) is 0 Å². The smallest absolute Gasteiger partial charge is 0.344 e. The van der Waals surface area contributed by atoms with E-state index in [-0.39, 0.29) is 23.9 Å². The number of hydrogen-bond donors (Lipinski definition) is 0. The molecule has 1 aliphatic heterocycles. The lowest BCUT2D eigenvalue weighted by Gasteiger charge is -2.34. The van der Waals surface area contributed by atoms with Gasteiger partial charge in [0.2, 0.25) is 5.91 Å². The molecule has 1 fully saturated rings. The van der Waals surface area contributed by atoms with Gasteiger partial charge in [-0.05, 0) is 12.1 Å². The van der Waals surface area contributed by atoms with Gasteiger partial charge in [-0.3, -0.25) is 9.48 Å². The van der Waals surface area contributed by atoms with Crippen LogP contribution in [0.1, 0.15) is 5.82 Å². The van der Waals surface area contributed by atoms with Crippen LogP contribution in [0, 0.1) is 0 Å². The van der Waals surface area contributed by atoms with Crippen molar-refractivity contribution in [3.05, 3.63) is 30.4 Å². The maximum absolute atomic E-state index is 13.0. The molecule has 4 heterocycles. The Morgan fingerprint density at radius 2 is 1.96 bits per heavy atom. The second-order valence-electron chi connectivity index (χ2n) is 5.82. The number of hydrogen-bond acceptors (Lipinski definition) is 6. The van der Waals surface area contributed by atoms with Crippen LogP contribution >= 0.6 is 0 Å². The predicted octanol–water partition coefficient (Wildman–Crippen LogP) is 0.730. The zero-order chi connectivity index (χ0) is 18.5. The zero-order valence-electron chi connectivity index (χ0n) is 13.6. The summed E-state index contributed by atoms with van der Waals surface area (Å²) >= 11 is 0. The molecule has 12 heteroatoms. The van der Waals surface area contributed by atoms with Crippen molar-refractivity contribution >= 4 is 23.1 Å².